The maximum Gasteiger partial charge on any atom is 0.326 e. The Morgan fingerprint density at radius 1 is 0.971 bits per heavy atom. The molecule has 0 spiro atoms. The fourth-order valence-corrected chi connectivity index (χ4v) is 2.76. The average molecular weight is 483 g/mol. The number of H-pyrrole nitrogens is 1. The lowest BCUT2D eigenvalue weighted by Gasteiger charge is -2.23. The van der Waals surface area contributed by atoms with Crippen molar-refractivity contribution < 1.29 is 39.0 Å². The predicted molar refractivity (Wildman–Crippen MR) is 115 cm³/mol. The zero-order valence-corrected chi connectivity index (χ0v) is 18.4. The number of aliphatic carboxylic acids is 2. The maximum absolute atomic E-state index is 12.6. The second-order valence-electron chi connectivity index (χ2n) is 7.52. The van der Waals surface area contributed by atoms with Gasteiger partial charge in [0.1, 0.15) is 18.1 Å². The highest BCUT2D eigenvalue weighted by Gasteiger charge is 2.29. The first kappa shape index (κ1) is 28.0. The van der Waals surface area contributed by atoms with Crippen LogP contribution in [0.25, 0.3) is 0 Å². The number of aromatic amines is 1. The third kappa shape index (κ3) is 10.1. The van der Waals surface area contributed by atoms with Gasteiger partial charge in [-0.05, 0) is 19.8 Å². The van der Waals surface area contributed by atoms with E-state index in [9.17, 15) is 33.9 Å². The number of hydrogen-bond donors (Lipinski definition) is 8. The van der Waals surface area contributed by atoms with Crippen molar-refractivity contribution in [3.8, 4) is 0 Å². The molecule has 0 saturated carbocycles. The van der Waals surface area contributed by atoms with Crippen LogP contribution in [0.2, 0.25) is 0 Å². The van der Waals surface area contributed by atoms with E-state index in [4.69, 9.17) is 16.6 Å². The number of rotatable bonds is 15. The van der Waals surface area contributed by atoms with E-state index < -0.39 is 66.2 Å². The summed E-state index contributed by atoms with van der Waals surface area (Å²) in [6.45, 7) is 1.33. The van der Waals surface area contributed by atoms with Crippen molar-refractivity contribution in [1.29, 1.82) is 0 Å². The van der Waals surface area contributed by atoms with E-state index >= 15 is 0 Å². The molecule has 0 fully saturated rings. The van der Waals surface area contributed by atoms with Gasteiger partial charge in [0, 0.05) is 31.2 Å². The molecule has 0 bridgehead atoms. The average Bonchev–Trinajstić information content (AvgIpc) is 3.25. The molecule has 15 heteroatoms. The van der Waals surface area contributed by atoms with E-state index in [1.165, 1.54) is 19.4 Å². The Bertz CT molecular complexity index is 889. The highest BCUT2D eigenvalue weighted by atomic mass is 16.4. The van der Waals surface area contributed by atoms with Gasteiger partial charge in [0.2, 0.25) is 23.6 Å². The molecule has 0 radical (unpaired) electrons. The number of hydrogen-bond acceptors (Lipinski definition) is 8. The van der Waals surface area contributed by atoms with Crippen LogP contribution in [0, 0.1) is 0 Å². The molecule has 4 atom stereocenters. The number of nitrogens with one attached hydrogen (secondary N) is 4. The summed E-state index contributed by atoms with van der Waals surface area (Å²) >= 11 is 0. The van der Waals surface area contributed by atoms with Crippen LogP contribution >= 0.6 is 0 Å². The number of carbonyl (C=O) groups is 6. The van der Waals surface area contributed by atoms with Crippen molar-refractivity contribution in [3.05, 3.63) is 18.2 Å². The van der Waals surface area contributed by atoms with Crippen molar-refractivity contribution in [2.24, 2.45) is 11.5 Å². The lowest BCUT2D eigenvalue weighted by molar-refractivity contribution is -0.143. The van der Waals surface area contributed by atoms with Crippen LogP contribution < -0.4 is 27.4 Å². The minimum absolute atomic E-state index is 0.131. The number of nitrogens with two attached hydrogens (primary N) is 2. The Balaban J connectivity index is 2.77. The number of carbonyl (C=O) groups excluding carboxylic acids is 4. The summed E-state index contributed by atoms with van der Waals surface area (Å²) in [6, 6.07) is -5.05. The molecular weight excluding hydrogens is 454 g/mol. The topological polar surface area (TPSA) is 260 Å². The van der Waals surface area contributed by atoms with Crippen LogP contribution in [-0.4, -0.2) is 79.9 Å². The van der Waals surface area contributed by atoms with E-state index in [0.29, 0.717) is 5.69 Å². The van der Waals surface area contributed by atoms with Gasteiger partial charge < -0.3 is 42.6 Å². The van der Waals surface area contributed by atoms with E-state index in [2.05, 4.69) is 25.9 Å². The van der Waals surface area contributed by atoms with Gasteiger partial charge in [0.25, 0.3) is 0 Å². The normalized spacial score (nSPS) is 14.2. The van der Waals surface area contributed by atoms with Gasteiger partial charge in [0.05, 0.1) is 12.4 Å². The molecule has 10 N–H and O–H groups in total. The monoisotopic (exact) mass is 483 g/mol. The second-order valence-corrected chi connectivity index (χ2v) is 7.52. The molecule has 1 heterocycles. The first-order valence-corrected chi connectivity index (χ1v) is 10.3. The standard InChI is InChI=1S/C19H29N7O8/c1-9(24-17(31)11(20)6-10-7-22-8-23-10)16(30)25-12(3-5-15(28)29)18(32)26-13(19(33)34)2-4-14(21)27/h7-9,11-13H,2-6,20H2,1H3,(H2,21,27)(H,22,23)(H,24,31)(H,25,30)(H,26,32)(H,28,29)(H,33,34). The predicted octanol–water partition coefficient (Wildman–Crippen LogP) is -3.03. The van der Waals surface area contributed by atoms with Crippen molar-refractivity contribution in [3.63, 3.8) is 0 Å². The Morgan fingerprint density at radius 2 is 1.59 bits per heavy atom. The number of amides is 4. The molecule has 1 aromatic rings. The van der Waals surface area contributed by atoms with Gasteiger partial charge in [-0.1, -0.05) is 0 Å². The molecule has 4 unspecified atom stereocenters. The smallest absolute Gasteiger partial charge is 0.326 e. The molecule has 1 rings (SSSR count). The van der Waals surface area contributed by atoms with Crippen LogP contribution in [0.5, 0.6) is 0 Å². The number of imidazole rings is 1. The quantitative estimate of drug-likeness (QED) is 0.125. The third-order valence-corrected chi connectivity index (χ3v) is 4.66. The molecule has 34 heavy (non-hydrogen) atoms. The zero-order chi connectivity index (χ0) is 25.8. The van der Waals surface area contributed by atoms with Crippen molar-refractivity contribution in [2.75, 3.05) is 0 Å². The maximum atomic E-state index is 12.6. The van der Waals surface area contributed by atoms with Crippen LogP contribution in [0.1, 0.15) is 38.3 Å². The summed E-state index contributed by atoms with van der Waals surface area (Å²) in [5.74, 6) is -5.91. The van der Waals surface area contributed by atoms with Crippen LogP contribution in [0.4, 0.5) is 0 Å². The minimum atomic E-state index is -1.48. The minimum Gasteiger partial charge on any atom is -0.481 e. The Labute approximate surface area is 194 Å². The molecule has 188 valence electrons. The molecule has 0 aliphatic carbocycles. The van der Waals surface area contributed by atoms with Crippen LogP contribution in [0.15, 0.2) is 12.5 Å². The van der Waals surface area contributed by atoms with Crippen molar-refractivity contribution in [2.45, 2.75) is 63.2 Å². The van der Waals surface area contributed by atoms with Gasteiger partial charge in [-0.2, -0.15) is 0 Å². The van der Waals surface area contributed by atoms with Gasteiger partial charge >= 0.3 is 11.9 Å². The number of carboxylic acid groups (broad SMARTS) is 2. The molecule has 15 nitrogen and oxygen atoms in total. The van der Waals surface area contributed by atoms with Gasteiger partial charge in [-0.3, -0.25) is 24.0 Å². The number of aromatic nitrogens is 2. The first-order chi connectivity index (χ1) is 15.9. The SMILES string of the molecule is CC(NC(=O)C(N)Cc1cnc[nH]1)C(=O)NC(CCC(=O)O)C(=O)NC(CCC(N)=O)C(=O)O. The first-order valence-electron chi connectivity index (χ1n) is 10.3. The summed E-state index contributed by atoms with van der Waals surface area (Å²) < 4.78 is 0. The third-order valence-electron chi connectivity index (χ3n) is 4.66. The Morgan fingerprint density at radius 3 is 2.12 bits per heavy atom. The summed E-state index contributed by atoms with van der Waals surface area (Å²) in [5, 5.41) is 25.0. The summed E-state index contributed by atoms with van der Waals surface area (Å²) in [5.41, 5.74) is 11.4. The van der Waals surface area contributed by atoms with E-state index in [0.717, 1.165) is 0 Å². The molecule has 1 aromatic heterocycles. The highest BCUT2D eigenvalue weighted by Crippen LogP contribution is 2.04. The molecular formula is C19H29N7O8. The molecule has 0 aromatic carbocycles. The summed E-state index contributed by atoms with van der Waals surface area (Å²) in [4.78, 5) is 77.1. The van der Waals surface area contributed by atoms with E-state index in [-0.39, 0.29) is 25.7 Å². The van der Waals surface area contributed by atoms with Gasteiger partial charge in [0.15, 0.2) is 0 Å². The summed E-state index contributed by atoms with van der Waals surface area (Å²) in [6.07, 6.45) is 1.57. The number of primary amides is 1. The zero-order valence-electron chi connectivity index (χ0n) is 18.4. The molecule has 0 aliphatic rings. The van der Waals surface area contributed by atoms with Gasteiger partial charge in [-0.25, -0.2) is 9.78 Å². The van der Waals surface area contributed by atoms with Gasteiger partial charge in [-0.15, -0.1) is 0 Å². The second kappa shape index (κ2) is 13.5. The molecule has 0 aliphatic heterocycles. The van der Waals surface area contributed by atoms with E-state index in [1.54, 1.807) is 0 Å². The van der Waals surface area contributed by atoms with Crippen LogP contribution in [0.3, 0.4) is 0 Å². The Hall–Kier alpha value is -4.01. The number of nitrogens with zero attached hydrogens (tertiary/aromatic N) is 1. The van der Waals surface area contributed by atoms with Crippen LogP contribution in [-0.2, 0) is 35.2 Å². The van der Waals surface area contributed by atoms with Crippen molar-refractivity contribution in [1.82, 2.24) is 25.9 Å². The number of carboxylic acids is 2. The fraction of sp³-hybridized carbons (Fsp3) is 0.526. The largest absolute Gasteiger partial charge is 0.481 e. The summed E-state index contributed by atoms with van der Waals surface area (Å²) in [7, 11) is 0. The highest BCUT2D eigenvalue weighted by molar-refractivity contribution is 5.94. The Kier molecular flexibility index (Phi) is 11.1. The lowest BCUT2D eigenvalue weighted by Crippen LogP contribution is -2.56. The molecule has 4 amide bonds. The van der Waals surface area contributed by atoms with E-state index in [1.807, 2.05) is 0 Å². The molecule has 0 saturated heterocycles. The fourth-order valence-electron chi connectivity index (χ4n) is 2.76. The lowest BCUT2D eigenvalue weighted by atomic mass is 10.1. The van der Waals surface area contributed by atoms with Crippen molar-refractivity contribution >= 4 is 35.6 Å².